The molecule has 0 aromatic carbocycles. The van der Waals surface area contributed by atoms with E-state index >= 15 is 0 Å². The van der Waals surface area contributed by atoms with Crippen molar-refractivity contribution < 1.29 is 13.6 Å². The molecule has 1 N–H and O–H groups in total. The van der Waals surface area contributed by atoms with Crippen molar-refractivity contribution in [3.63, 3.8) is 0 Å². The van der Waals surface area contributed by atoms with Crippen LogP contribution in [0.15, 0.2) is 0 Å². The maximum absolute atomic E-state index is 12.9. The molecule has 3 rings (SSSR count). The molecule has 4 heteroatoms. The average Bonchev–Trinajstić information content (AvgIpc) is 3.09. The van der Waals surface area contributed by atoms with Crippen LogP contribution in [0.4, 0.5) is 8.78 Å². The zero-order valence-corrected chi connectivity index (χ0v) is 9.27. The van der Waals surface area contributed by atoms with E-state index in [2.05, 4.69) is 5.32 Å². The van der Waals surface area contributed by atoms with Gasteiger partial charge in [-0.1, -0.05) is 0 Å². The summed E-state index contributed by atoms with van der Waals surface area (Å²) in [4.78, 5) is 11.8. The number of rotatable bonds is 2. The van der Waals surface area contributed by atoms with E-state index in [1.807, 2.05) is 0 Å². The Bertz CT molecular complexity index is 315. The predicted octanol–water partition coefficient (Wildman–Crippen LogP) is 2.48. The molecule has 0 bridgehead atoms. The lowest BCUT2D eigenvalue weighted by atomic mass is 9.86. The average molecular weight is 229 g/mol. The monoisotopic (exact) mass is 229 g/mol. The lowest BCUT2D eigenvalue weighted by Gasteiger charge is -2.27. The van der Waals surface area contributed by atoms with Crippen LogP contribution in [0.1, 0.15) is 44.9 Å². The summed E-state index contributed by atoms with van der Waals surface area (Å²) < 4.78 is 25.8. The third-order valence-electron chi connectivity index (χ3n) is 4.49. The second-order valence-electron chi connectivity index (χ2n) is 5.76. The molecule has 1 atom stereocenters. The minimum atomic E-state index is -2.53. The van der Waals surface area contributed by atoms with Crippen molar-refractivity contribution in [3.05, 3.63) is 0 Å². The van der Waals surface area contributed by atoms with Gasteiger partial charge in [-0.2, -0.15) is 0 Å². The van der Waals surface area contributed by atoms with Crippen molar-refractivity contribution in [3.8, 4) is 0 Å². The molecule has 0 aliphatic heterocycles. The molecule has 90 valence electrons. The summed E-state index contributed by atoms with van der Waals surface area (Å²) in [6, 6.07) is 0.363. The summed E-state index contributed by atoms with van der Waals surface area (Å²) in [5, 5.41) is 3.02. The minimum absolute atomic E-state index is 0.0178. The Morgan fingerprint density at radius 2 is 1.75 bits per heavy atom. The van der Waals surface area contributed by atoms with Gasteiger partial charge in [0.2, 0.25) is 11.8 Å². The third kappa shape index (κ3) is 1.82. The van der Waals surface area contributed by atoms with Crippen LogP contribution in [0.3, 0.4) is 0 Å². The zero-order chi connectivity index (χ0) is 11.4. The van der Waals surface area contributed by atoms with Gasteiger partial charge in [-0.3, -0.25) is 4.79 Å². The van der Waals surface area contributed by atoms with E-state index < -0.39 is 5.92 Å². The summed E-state index contributed by atoms with van der Waals surface area (Å²) >= 11 is 0. The molecule has 0 aromatic rings. The van der Waals surface area contributed by atoms with E-state index in [9.17, 15) is 13.6 Å². The van der Waals surface area contributed by atoms with Crippen molar-refractivity contribution in [2.75, 3.05) is 0 Å². The third-order valence-corrected chi connectivity index (χ3v) is 4.49. The summed E-state index contributed by atoms with van der Waals surface area (Å²) in [6.07, 6.45) is 4.03. The van der Waals surface area contributed by atoms with Gasteiger partial charge in [0.15, 0.2) is 0 Å². The molecule has 3 aliphatic carbocycles. The number of hydrogen-bond donors (Lipinski definition) is 1. The van der Waals surface area contributed by atoms with Gasteiger partial charge in [-0.25, -0.2) is 8.78 Å². The highest BCUT2D eigenvalue weighted by molar-refractivity contribution is 5.79. The molecule has 2 nitrogen and oxygen atoms in total. The van der Waals surface area contributed by atoms with Crippen LogP contribution in [-0.4, -0.2) is 17.9 Å². The van der Waals surface area contributed by atoms with Gasteiger partial charge < -0.3 is 5.32 Å². The molecule has 1 spiro atoms. The van der Waals surface area contributed by atoms with Crippen molar-refractivity contribution in [2.45, 2.75) is 56.9 Å². The van der Waals surface area contributed by atoms with Crippen LogP contribution in [0.25, 0.3) is 0 Å². The normalized spacial score (nSPS) is 34.8. The van der Waals surface area contributed by atoms with E-state index in [1.54, 1.807) is 0 Å². The van der Waals surface area contributed by atoms with Crippen molar-refractivity contribution in [1.29, 1.82) is 0 Å². The van der Waals surface area contributed by atoms with Gasteiger partial charge >= 0.3 is 0 Å². The van der Waals surface area contributed by atoms with Gasteiger partial charge in [0.1, 0.15) is 0 Å². The van der Waals surface area contributed by atoms with Crippen molar-refractivity contribution >= 4 is 5.91 Å². The minimum Gasteiger partial charge on any atom is -0.353 e. The summed E-state index contributed by atoms with van der Waals surface area (Å²) in [7, 11) is 0. The van der Waals surface area contributed by atoms with Crippen molar-refractivity contribution in [2.24, 2.45) is 11.3 Å². The zero-order valence-electron chi connectivity index (χ0n) is 9.27. The van der Waals surface area contributed by atoms with E-state index in [4.69, 9.17) is 0 Å². The smallest absolute Gasteiger partial charge is 0.248 e. The lowest BCUT2D eigenvalue weighted by molar-refractivity contribution is -0.129. The predicted molar refractivity (Wildman–Crippen MR) is 55.1 cm³/mol. The van der Waals surface area contributed by atoms with Crippen LogP contribution < -0.4 is 5.32 Å². The maximum Gasteiger partial charge on any atom is 0.248 e. The van der Waals surface area contributed by atoms with Crippen LogP contribution in [-0.2, 0) is 4.79 Å². The molecule has 3 fully saturated rings. The van der Waals surface area contributed by atoms with Crippen LogP contribution >= 0.6 is 0 Å². The first-order valence-electron chi connectivity index (χ1n) is 6.19. The largest absolute Gasteiger partial charge is 0.353 e. The van der Waals surface area contributed by atoms with Crippen molar-refractivity contribution in [1.82, 2.24) is 5.32 Å². The number of amides is 1. The SMILES string of the molecule is O=C(N[C@H]1CC12CC2)C1CCC(F)(F)CC1. The number of halogens is 2. The Kier molecular flexibility index (Phi) is 2.08. The van der Waals surface area contributed by atoms with E-state index in [-0.39, 0.29) is 24.7 Å². The fourth-order valence-electron chi connectivity index (χ4n) is 2.86. The molecule has 0 heterocycles. The molecular formula is C12H17F2NO. The highest BCUT2D eigenvalue weighted by Gasteiger charge is 2.63. The molecule has 1 amide bonds. The summed E-state index contributed by atoms with van der Waals surface area (Å²) in [6.45, 7) is 0. The van der Waals surface area contributed by atoms with E-state index in [1.165, 1.54) is 12.8 Å². The number of alkyl halides is 2. The highest BCUT2D eigenvalue weighted by atomic mass is 19.3. The second kappa shape index (κ2) is 3.17. The number of carbonyl (C=O) groups is 1. The molecule has 0 radical (unpaired) electrons. The topological polar surface area (TPSA) is 29.1 Å². The number of hydrogen-bond acceptors (Lipinski definition) is 1. The Balaban J connectivity index is 1.48. The quantitative estimate of drug-likeness (QED) is 0.774. The van der Waals surface area contributed by atoms with Gasteiger partial charge in [0, 0.05) is 24.8 Å². The molecule has 0 aromatic heterocycles. The molecule has 0 unspecified atom stereocenters. The highest BCUT2D eigenvalue weighted by Crippen LogP contribution is 2.65. The first kappa shape index (κ1) is 10.5. The second-order valence-corrected chi connectivity index (χ2v) is 5.76. The number of nitrogens with one attached hydrogen (secondary N) is 1. The molecule has 3 saturated carbocycles. The maximum atomic E-state index is 12.9. The summed E-state index contributed by atoms with van der Waals surface area (Å²) in [5.41, 5.74) is 0.453. The fourth-order valence-corrected chi connectivity index (χ4v) is 2.86. The van der Waals surface area contributed by atoms with Gasteiger partial charge in [-0.15, -0.1) is 0 Å². The summed E-state index contributed by atoms with van der Waals surface area (Å²) in [5.74, 6) is -2.69. The first-order chi connectivity index (χ1) is 7.51. The van der Waals surface area contributed by atoms with Gasteiger partial charge in [0.25, 0.3) is 0 Å². The molecule has 3 aliphatic rings. The molecule has 0 saturated heterocycles. The van der Waals surface area contributed by atoms with Crippen LogP contribution in [0.5, 0.6) is 0 Å². The number of carbonyl (C=O) groups excluding carboxylic acids is 1. The lowest BCUT2D eigenvalue weighted by Crippen LogP contribution is -2.37. The first-order valence-corrected chi connectivity index (χ1v) is 6.19. The molecule has 16 heavy (non-hydrogen) atoms. The Morgan fingerprint density at radius 1 is 1.12 bits per heavy atom. The fraction of sp³-hybridized carbons (Fsp3) is 0.917. The van der Waals surface area contributed by atoms with E-state index in [0.29, 0.717) is 24.3 Å². The van der Waals surface area contributed by atoms with Gasteiger partial charge in [0.05, 0.1) is 0 Å². The van der Waals surface area contributed by atoms with Crippen LogP contribution in [0.2, 0.25) is 0 Å². The van der Waals surface area contributed by atoms with Crippen LogP contribution in [0, 0.1) is 11.3 Å². The Labute approximate surface area is 93.8 Å². The standard InChI is InChI=1S/C12H17F2NO/c13-12(14)3-1-8(2-4-12)10(16)15-9-7-11(9)5-6-11/h8-9H,1-7H2,(H,15,16)/t9-/m0/s1. The molecular weight excluding hydrogens is 212 g/mol. The Morgan fingerprint density at radius 3 is 2.25 bits per heavy atom. The van der Waals surface area contributed by atoms with Gasteiger partial charge in [-0.05, 0) is 37.5 Å². The Hall–Kier alpha value is -0.670. The van der Waals surface area contributed by atoms with E-state index in [0.717, 1.165) is 6.42 Å².